The van der Waals surface area contributed by atoms with Gasteiger partial charge in [-0.25, -0.2) is 13.9 Å². The number of Topliss-reactive ketones (excluding diaryl/α,β-unsaturated/α-hetero) is 1. The zero-order chi connectivity index (χ0) is 21.1. The molecule has 3 aromatic rings. The Morgan fingerprint density at radius 1 is 1.23 bits per heavy atom. The lowest BCUT2D eigenvalue weighted by atomic mass is 10.0. The number of ketones is 1. The van der Waals surface area contributed by atoms with E-state index in [1.54, 1.807) is 16.8 Å². The van der Waals surface area contributed by atoms with Gasteiger partial charge in [-0.15, -0.1) is 5.10 Å². The Morgan fingerprint density at radius 2 is 2.03 bits per heavy atom. The average molecular weight is 409 g/mol. The van der Waals surface area contributed by atoms with E-state index in [-0.39, 0.29) is 11.9 Å². The van der Waals surface area contributed by atoms with Crippen LogP contribution in [-0.2, 0) is 16.1 Å². The van der Waals surface area contributed by atoms with Gasteiger partial charge in [0.15, 0.2) is 0 Å². The van der Waals surface area contributed by atoms with Crippen LogP contribution in [0.5, 0.6) is 0 Å². The maximum atomic E-state index is 14.8. The molecule has 2 heterocycles. The molecular formula is C21H20FN5O3. The van der Waals surface area contributed by atoms with Crippen LogP contribution in [0.15, 0.2) is 48.8 Å². The standard InChI is InChI=1S/C21H20FN5O3/c1-14(28)2-8-18-12-27(21(29)30-18)17-7-9-19(20(22)10-17)16-5-3-15(4-6-16)11-26-13-23-24-25-26/h3-7,9-10,13,18H,2,8,11-12H2,1H3/t18-/m0/s1. The summed E-state index contributed by atoms with van der Waals surface area (Å²) in [6.07, 6.45) is 1.46. The van der Waals surface area contributed by atoms with Gasteiger partial charge in [0.25, 0.3) is 0 Å². The summed E-state index contributed by atoms with van der Waals surface area (Å²) < 4.78 is 21.7. The Morgan fingerprint density at radius 3 is 2.70 bits per heavy atom. The van der Waals surface area contributed by atoms with Crippen LogP contribution in [0.4, 0.5) is 14.9 Å². The molecular weight excluding hydrogens is 389 g/mol. The molecule has 8 nitrogen and oxygen atoms in total. The Hall–Kier alpha value is -3.62. The van der Waals surface area contributed by atoms with Crippen LogP contribution in [-0.4, -0.2) is 44.7 Å². The molecule has 1 aromatic heterocycles. The third kappa shape index (κ3) is 4.35. The molecule has 4 rings (SSSR count). The number of benzene rings is 2. The fourth-order valence-electron chi connectivity index (χ4n) is 3.38. The molecule has 0 aliphatic carbocycles. The minimum atomic E-state index is -0.525. The molecule has 1 amide bonds. The number of aromatic nitrogens is 4. The van der Waals surface area contributed by atoms with Crippen molar-refractivity contribution in [3.63, 3.8) is 0 Å². The number of hydrogen-bond acceptors (Lipinski definition) is 6. The van der Waals surface area contributed by atoms with Gasteiger partial charge in [-0.1, -0.05) is 24.3 Å². The predicted octanol–water partition coefficient (Wildman–Crippen LogP) is 3.22. The first-order valence-corrected chi connectivity index (χ1v) is 9.57. The van der Waals surface area contributed by atoms with E-state index >= 15 is 0 Å². The summed E-state index contributed by atoms with van der Waals surface area (Å²) in [5.74, 6) is -0.385. The van der Waals surface area contributed by atoms with Crippen molar-refractivity contribution >= 4 is 17.6 Å². The number of nitrogens with zero attached hydrogens (tertiary/aromatic N) is 5. The lowest BCUT2D eigenvalue weighted by Crippen LogP contribution is -2.24. The zero-order valence-corrected chi connectivity index (χ0v) is 16.4. The van der Waals surface area contributed by atoms with Gasteiger partial charge in [0.05, 0.1) is 18.8 Å². The highest BCUT2D eigenvalue weighted by molar-refractivity contribution is 5.90. The molecule has 0 bridgehead atoms. The summed E-state index contributed by atoms with van der Waals surface area (Å²) in [5.41, 5.74) is 2.58. The number of halogens is 1. The van der Waals surface area contributed by atoms with Crippen LogP contribution >= 0.6 is 0 Å². The van der Waals surface area contributed by atoms with Crippen LogP contribution in [0.2, 0.25) is 0 Å². The highest BCUT2D eigenvalue weighted by Crippen LogP contribution is 2.30. The third-order valence-electron chi connectivity index (χ3n) is 4.96. The van der Waals surface area contributed by atoms with Crippen molar-refractivity contribution in [3.8, 4) is 11.1 Å². The summed E-state index contributed by atoms with van der Waals surface area (Å²) in [7, 11) is 0. The maximum Gasteiger partial charge on any atom is 0.414 e. The van der Waals surface area contributed by atoms with Gasteiger partial charge in [0.2, 0.25) is 0 Å². The number of carbonyl (C=O) groups excluding carboxylic acids is 2. The molecule has 1 fully saturated rings. The van der Waals surface area contributed by atoms with Gasteiger partial charge >= 0.3 is 6.09 Å². The summed E-state index contributed by atoms with van der Waals surface area (Å²) in [5, 5.41) is 11.0. The highest BCUT2D eigenvalue weighted by atomic mass is 19.1. The molecule has 30 heavy (non-hydrogen) atoms. The maximum absolute atomic E-state index is 14.8. The van der Waals surface area contributed by atoms with Crippen LogP contribution in [0.1, 0.15) is 25.3 Å². The van der Waals surface area contributed by atoms with Crippen LogP contribution < -0.4 is 4.90 Å². The Balaban J connectivity index is 1.47. The molecule has 1 saturated heterocycles. The second kappa shape index (κ2) is 8.40. The van der Waals surface area contributed by atoms with Crippen molar-refractivity contribution < 1.29 is 18.7 Å². The van der Waals surface area contributed by atoms with Crippen LogP contribution in [0.3, 0.4) is 0 Å². The van der Waals surface area contributed by atoms with E-state index in [2.05, 4.69) is 15.5 Å². The van der Waals surface area contributed by atoms with E-state index in [1.807, 2.05) is 24.3 Å². The molecule has 1 atom stereocenters. The number of ether oxygens (including phenoxy) is 1. The van der Waals surface area contributed by atoms with E-state index in [0.717, 1.165) is 11.1 Å². The first kappa shape index (κ1) is 19.7. The Kier molecular flexibility index (Phi) is 5.51. The number of amides is 1. The summed E-state index contributed by atoms with van der Waals surface area (Å²) in [6, 6.07) is 12.1. The lowest BCUT2D eigenvalue weighted by molar-refractivity contribution is -0.117. The van der Waals surface area contributed by atoms with Gasteiger partial charge in [-0.3, -0.25) is 4.90 Å². The summed E-state index contributed by atoms with van der Waals surface area (Å²) in [6.45, 7) is 2.33. The molecule has 154 valence electrons. The van der Waals surface area contributed by atoms with E-state index in [0.29, 0.717) is 37.2 Å². The Bertz CT molecular complexity index is 1050. The largest absolute Gasteiger partial charge is 0.444 e. The first-order valence-electron chi connectivity index (χ1n) is 9.57. The first-order chi connectivity index (χ1) is 14.5. The van der Waals surface area contributed by atoms with Crippen molar-refractivity contribution in [2.24, 2.45) is 0 Å². The average Bonchev–Trinajstić information content (AvgIpc) is 3.36. The van der Waals surface area contributed by atoms with Crippen molar-refractivity contribution in [2.45, 2.75) is 32.4 Å². The molecule has 0 saturated carbocycles. The molecule has 0 spiro atoms. The molecule has 9 heteroatoms. The fourth-order valence-corrected chi connectivity index (χ4v) is 3.38. The van der Waals surface area contributed by atoms with Crippen molar-refractivity contribution in [1.29, 1.82) is 0 Å². The normalized spacial score (nSPS) is 16.0. The van der Waals surface area contributed by atoms with E-state index in [9.17, 15) is 14.0 Å². The molecule has 1 aliphatic heterocycles. The Labute approximate surface area is 172 Å². The number of cyclic esters (lactones) is 1. The van der Waals surface area contributed by atoms with Gasteiger partial charge in [0, 0.05) is 12.0 Å². The topological polar surface area (TPSA) is 90.2 Å². The van der Waals surface area contributed by atoms with Crippen molar-refractivity contribution in [1.82, 2.24) is 20.2 Å². The molecule has 0 N–H and O–H groups in total. The minimum Gasteiger partial charge on any atom is -0.444 e. The molecule has 1 aliphatic rings. The summed E-state index contributed by atoms with van der Waals surface area (Å²) in [4.78, 5) is 24.7. The fraction of sp³-hybridized carbons (Fsp3) is 0.286. The van der Waals surface area contributed by atoms with Gasteiger partial charge < -0.3 is 9.53 Å². The van der Waals surface area contributed by atoms with E-state index < -0.39 is 11.9 Å². The van der Waals surface area contributed by atoms with Gasteiger partial charge in [0.1, 0.15) is 24.0 Å². The quantitative estimate of drug-likeness (QED) is 0.595. The number of tetrazole rings is 1. The second-order valence-electron chi connectivity index (χ2n) is 7.23. The molecule has 0 radical (unpaired) electrons. The minimum absolute atomic E-state index is 0.0453. The number of anilines is 1. The predicted molar refractivity (Wildman–Crippen MR) is 106 cm³/mol. The van der Waals surface area contributed by atoms with Gasteiger partial charge in [-0.05, 0) is 53.1 Å². The number of rotatable bonds is 7. The number of hydrogen-bond donors (Lipinski definition) is 0. The lowest BCUT2D eigenvalue weighted by Gasteiger charge is -2.14. The summed E-state index contributed by atoms with van der Waals surface area (Å²) >= 11 is 0. The van der Waals surface area contributed by atoms with Crippen LogP contribution in [0, 0.1) is 5.82 Å². The monoisotopic (exact) mass is 409 g/mol. The third-order valence-corrected chi connectivity index (χ3v) is 4.96. The van der Waals surface area contributed by atoms with E-state index in [4.69, 9.17) is 4.74 Å². The molecule has 0 unspecified atom stereocenters. The highest BCUT2D eigenvalue weighted by Gasteiger charge is 2.32. The van der Waals surface area contributed by atoms with Crippen molar-refractivity contribution in [2.75, 3.05) is 11.4 Å². The number of carbonyl (C=O) groups is 2. The SMILES string of the molecule is CC(=O)CC[C@H]1CN(c2ccc(-c3ccc(Cn4cnnn4)cc3)c(F)c2)C(=O)O1. The van der Waals surface area contributed by atoms with Crippen molar-refractivity contribution in [3.05, 3.63) is 60.2 Å². The second-order valence-corrected chi connectivity index (χ2v) is 7.23. The van der Waals surface area contributed by atoms with E-state index in [1.165, 1.54) is 24.2 Å². The van der Waals surface area contributed by atoms with Crippen LogP contribution in [0.25, 0.3) is 11.1 Å². The smallest absolute Gasteiger partial charge is 0.414 e. The zero-order valence-electron chi connectivity index (χ0n) is 16.4. The van der Waals surface area contributed by atoms with Gasteiger partial charge in [-0.2, -0.15) is 0 Å². The molecule has 2 aromatic carbocycles.